The van der Waals surface area contributed by atoms with Crippen LogP contribution in [-0.4, -0.2) is 17.1 Å². The summed E-state index contributed by atoms with van der Waals surface area (Å²) in [7, 11) is 0. The molecule has 2 unspecified atom stereocenters. The fourth-order valence-electron chi connectivity index (χ4n) is 2.45. The Morgan fingerprint density at radius 1 is 1.06 bits per heavy atom. The van der Waals surface area contributed by atoms with E-state index in [1.165, 1.54) is 25.7 Å². The molecular formula is C15H31NO2. The van der Waals surface area contributed by atoms with Crippen molar-refractivity contribution < 1.29 is 9.90 Å². The fourth-order valence-corrected chi connectivity index (χ4v) is 2.45. The topological polar surface area (TPSA) is 63.3 Å². The molecule has 0 aliphatic carbocycles. The summed E-state index contributed by atoms with van der Waals surface area (Å²) in [6, 6.07) is -0.727. The second-order valence-corrected chi connectivity index (χ2v) is 5.74. The minimum absolute atomic E-state index is 0.242. The minimum atomic E-state index is -0.859. The highest BCUT2D eigenvalue weighted by atomic mass is 16.4. The van der Waals surface area contributed by atoms with Gasteiger partial charge in [-0.25, -0.2) is 0 Å². The number of carboxylic acids is 1. The predicted molar refractivity (Wildman–Crippen MR) is 76.6 cm³/mol. The standard InChI is InChI=1S/C15H31NO2/c1-4-6-8-9-10-12-15(3,11-7-5-2)13(16)14(17)18/h13H,4-12,16H2,1-3H3,(H,17,18). The van der Waals surface area contributed by atoms with Gasteiger partial charge < -0.3 is 10.8 Å². The van der Waals surface area contributed by atoms with E-state index in [1.54, 1.807) is 0 Å². The molecule has 0 saturated carbocycles. The van der Waals surface area contributed by atoms with E-state index < -0.39 is 12.0 Å². The number of carbonyl (C=O) groups is 1. The lowest BCUT2D eigenvalue weighted by atomic mass is 9.74. The average molecular weight is 257 g/mol. The second kappa shape index (κ2) is 9.37. The number of unbranched alkanes of at least 4 members (excludes halogenated alkanes) is 5. The molecule has 2 atom stereocenters. The van der Waals surface area contributed by atoms with E-state index in [-0.39, 0.29) is 5.41 Å². The van der Waals surface area contributed by atoms with Crippen molar-refractivity contribution in [3.63, 3.8) is 0 Å². The number of hydrogen-bond donors (Lipinski definition) is 2. The molecule has 0 bridgehead atoms. The predicted octanol–water partition coefficient (Wildman–Crippen LogP) is 3.96. The first kappa shape index (κ1) is 17.4. The SMILES string of the molecule is CCCCCCCC(C)(CCCC)C(N)C(=O)O. The van der Waals surface area contributed by atoms with Crippen LogP contribution in [0.4, 0.5) is 0 Å². The minimum Gasteiger partial charge on any atom is -0.480 e. The molecule has 3 N–H and O–H groups in total. The summed E-state index contributed by atoms with van der Waals surface area (Å²) >= 11 is 0. The van der Waals surface area contributed by atoms with Crippen LogP contribution in [0.25, 0.3) is 0 Å². The van der Waals surface area contributed by atoms with Gasteiger partial charge in [-0.15, -0.1) is 0 Å². The van der Waals surface area contributed by atoms with Crippen molar-refractivity contribution in [2.45, 2.75) is 84.6 Å². The van der Waals surface area contributed by atoms with Gasteiger partial charge in [0.1, 0.15) is 6.04 Å². The summed E-state index contributed by atoms with van der Waals surface area (Å²) in [4.78, 5) is 11.1. The molecule has 0 aliphatic heterocycles. The molecule has 0 saturated heterocycles. The van der Waals surface area contributed by atoms with E-state index in [9.17, 15) is 4.79 Å². The van der Waals surface area contributed by atoms with Crippen molar-refractivity contribution in [1.82, 2.24) is 0 Å². The van der Waals surface area contributed by atoms with Gasteiger partial charge in [0.05, 0.1) is 0 Å². The molecule has 3 heteroatoms. The van der Waals surface area contributed by atoms with Crippen molar-refractivity contribution in [1.29, 1.82) is 0 Å². The normalized spacial score (nSPS) is 16.2. The third-order valence-corrected chi connectivity index (χ3v) is 3.97. The lowest BCUT2D eigenvalue weighted by Crippen LogP contribution is -2.45. The van der Waals surface area contributed by atoms with Crippen molar-refractivity contribution >= 4 is 5.97 Å². The first-order chi connectivity index (χ1) is 8.48. The summed E-state index contributed by atoms with van der Waals surface area (Å²) in [5.41, 5.74) is 5.64. The van der Waals surface area contributed by atoms with Crippen LogP contribution < -0.4 is 5.73 Å². The van der Waals surface area contributed by atoms with Gasteiger partial charge in [0.15, 0.2) is 0 Å². The number of nitrogens with two attached hydrogens (primary N) is 1. The number of aliphatic carboxylic acids is 1. The van der Waals surface area contributed by atoms with E-state index in [4.69, 9.17) is 10.8 Å². The molecule has 3 nitrogen and oxygen atoms in total. The number of hydrogen-bond acceptors (Lipinski definition) is 2. The highest BCUT2D eigenvalue weighted by molar-refractivity contribution is 5.74. The fraction of sp³-hybridized carbons (Fsp3) is 0.933. The van der Waals surface area contributed by atoms with Crippen molar-refractivity contribution in [2.24, 2.45) is 11.1 Å². The Balaban J connectivity index is 4.24. The molecule has 0 aromatic heterocycles. The molecule has 0 fully saturated rings. The van der Waals surface area contributed by atoms with Crippen molar-refractivity contribution in [2.75, 3.05) is 0 Å². The maximum atomic E-state index is 11.1. The third kappa shape index (κ3) is 6.39. The van der Waals surface area contributed by atoms with Gasteiger partial charge in [0.2, 0.25) is 0 Å². The highest BCUT2D eigenvalue weighted by Gasteiger charge is 2.35. The molecule has 0 radical (unpaired) electrons. The molecule has 0 aromatic rings. The van der Waals surface area contributed by atoms with Crippen LogP contribution in [0.3, 0.4) is 0 Å². The van der Waals surface area contributed by atoms with E-state index in [0.717, 1.165) is 32.1 Å². The lowest BCUT2D eigenvalue weighted by Gasteiger charge is -2.33. The van der Waals surface area contributed by atoms with Crippen LogP contribution in [0.15, 0.2) is 0 Å². The summed E-state index contributed by atoms with van der Waals surface area (Å²) in [6.45, 7) is 6.38. The van der Waals surface area contributed by atoms with E-state index in [2.05, 4.69) is 13.8 Å². The highest BCUT2D eigenvalue weighted by Crippen LogP contribution is 2.34. The van der Waals surface area contributed by atoms with Gasteiger partial charge in [-0.2, -0.15) is 0 Å². The van der Waals surface area contributed by atoms with Crippen LogP contribution in [0.1, 0.15) is 78.6 Å². The molecule has 0 amide bonds. The Labute approximate surface area is 112 Å². The zero-order chi connectivity index (χ0) is 14.0. The molecule has 18 heavy (non-hydrogen) atoms. The largest absolute Gasteiger partial charge is 0.480 e. The summed E-state index contributed by atoms with van der Waals surface area (Å²) in [5.74, 6) is -0.859. The summed E-state index contributed by atoms with van der Waals surface area (Å²) in [6.07, 6.45) is 10.1. The Kier molecular flexibility index (Phi) is 9.08. The third-order valence-electron chi connectivity index (χ3n) is 3.97. The van der Waals surface area contributed by atoms with Gasteiger partial charge in [-0.05, 0) is 18.3 Å². The zero-order valence-corrected chi connectivity index (χ0v) is 12.4. The molecule has 0 heterocycles. The molecule has 0 rings (SSSR count). The second-order valence-electron chi connectivity index (χ2n) is 5.74. The van der Waals surface area contributed by atoms with E-state index >= 15 is 0 Å². The lowest BCUT2D eigenvalue weighted by molar-refractivity contribution is -0.142. The van der Waals surface area contributed by atoms with Crippen molar-refractivity contribution in [3.8, 4) is 0 Å². The molecule has 0 spiro atoms. The van der Waals surface area contributed by atoms with Gasteiger partial charge in [0.25, 0.3) is 0 Å². The average Bonchev–Trinajstić information content (AvgIpc) is 2.35. The first-order valence-electron chi connectivity index (χ1n) is 7.46. The van der Waals surface area contributed by atoms with E-state index in [0.29, 0.717) is 0 Å². The van der Waals surface area contributed by atoms with Gasteiger partial charge in [-0.1, -0.05) is 65.7 Å². The Bertz CT molecular complexity index is 231. The van der Waals surface area contributed by atoms with Crippen LogP contribution in [0.2, 0.25) is 0 Å². The van der Waals surface area contributed by atoms with Crippen LogP contribution in [0.5, 0.6) is 0 Å². The van der Waals surface area contributed by atoms with Crippen LogP contribution in [-0.2, 0) is 4.79 Å². The Morgan fingerprint density at radius 3 is 2.06 bits per heavy atom. The molecule has 0 aromatic carbocycles. The number of carboxylic acid groups (broad SMARTS) is 1. The molecule has 0 aliphatic rings. The smallest absolute Gasteiger partial charge is 0.321 e. The maximum Gasteiger partial charge on any atom is 0.321 e. The van der Waals surface area contributed by atoms with Gasteiger partial charge in [-0.3, -0.25) is 4.79 Å². The monoisotopic (exact) mass is 257 g/mol. The van der Waals surface area contributed by atoms with Crippen molar-refractivity contribution in [3.05, 3.63) is 0 Å². The number of rotatable bonds is 11. The van der Waals surface area contributed by atoms with Gasteiger partial charge in [0, 0.05) is 0 Å². The Hall–Kier alpha value is -0.570. The van der Waals surface area contributed by atoms with E-state index in [1.807, 2.05) is 6.92 Å². The first-order valence-corrected chi connectivity index (χ1v) is 7.46. The Morgan fingerprint density at radius 2 is 1.56 bits per heavy atom. The molecular weight excluding hydrogens is 226 g/mol. The summed E-state index contributed by atoms with van der Waals surface area (Å²) < 4.78 is 0. The van der Waals surface area contributed by atoms with Crippen LogP contribution >= 0.6 is 0 Å². The summed E-state index contributed by atoms with van der Waals surface area (Å²) in [5, 5.41) is 9.13. The molecule has 108 valence electrons. The maximum absolute atomic E-state index is 11.1. The quantitative estimate of drug-likeness (QED) is 0.551. The van der Waals surface area contributed by atoms with Gasteiger partial charge >= 0.3 is 5.97 Å². The zero-order valence-electron chi connectivity index (χ0n) is 12.4. The van der Waals surface area contributed by atoms with Crippen LogP contribution in [0, 0.1) is 5.41 Å².